The number of amidine groups is 1. The number of nitrogens with one attached hydrogen (secondary N) is 1. The molecule has 1 N–H and O–H groups in total. The van der Waals surface area contributed by atoms with Gasteiger partial charge in [-0.3, -0.25) is 4.79 Å². The molecule has 0 atom stereocenters. The van der Waals surface area contributed by atoms with Gasteiger partial charge in [-0.2, -0.15) is 31.3 Å². The van der Waals surface area contributed by atoms with Gasteiger partial charge >= 0.3 is 12.4 Å². The van der Waals surface area contributed by atoms with Crippen LogP contribution >= 0.6 is 11.8 Å². The molecule has 6 nitrogen and oxygen atoms in total. The summed E-state index contributed by atoms with van der Waals surface area (Å²) in [5, 5.41) is 1.61. The summed E-state index contributed by atoms with van der Waals surface area (Å²) >= 11 is 1.20. The highest BCUT2D eigenvalue weighted by molar-refractivity contribution is 8.18. The molecule has 0 spiro atoms. The Morgan fingerprint density at radius 2 is 1.73 bits per heavy atom. The molecular weight excluding hydrogens is 608 g/mol. The highest BCUT2D eigenvalue weighted by Crippen LogP contribution is 2.39. The number of thioether (sulfide) groups is 1. The molecule has 5 rings (SSSR count). The zero-order chi connectivity index (χ0) is 31.8. The molecule has 3 aromatic carbocycles. The molecule has 0 saturated carbocycles. The van der Waals surface area contributed by atoms with E-state index >= 15 is 0 Å². The topological polar surface area (TPSA) is 66.9 Å². The van der Waals surface area contributed by atoms with E-state index in [0.29, 0.717) is 28.2 Å². The standard InChI is InChI=1S/C31H25F6N3O3S/c1-17-4-8-24-22(10-17)20(14-38-24)15-40(2)29-39-28(41)27(44-29)12-18-5-9-25(26(11-18)42-3)43-16-19-6-7-21(30(32,33)34)13-23(19)31(35,36)37/h4-14,38H,15-16H2,1-3H3/b27-12-. The second-order valence-corrected chi connectivity index (χ2v) is 11.1. The number of benzene rings is 3. The third-order valence-corrected chi connectivity index (χ3v) is 7.98. The van der Waals surface area contributed by atoms with Crippen molar-refractivity contribution < 1.29 is 40.6 Å². The van der Waals surface area contributed by atoms with E-state index in [1.54, 1.807) is 12.1 Å². The summed E-state index contributed by atoms with van der Waals surface area (Å²) in [7, 11) is 3.17. The first-order chi connectivity index (χ1) is 20.7. The van der Waals surface area contributed by atoms with E-state index in [1.165, 1.54) is 31.0 Å². The van der Waals surface area contributed by atoms with Crippen molar-refractivity contribution >= 4 is 39.8 Å². The van der Waals surface area contributed by atoms with Crippen molar-refractivity contribution in [2.24, 2.45) is 4.99 Å². The highest BCUT2D eigenvalue weighted by atomic mass is 32.2. The number of hydrogen-bond donors (Lipinski definition) is 1. The Labute approximate surface area is 252 Å². The molecule has 44 heavy (non-hydrogen) atoms. The Balaban J connectivity index is 1.29. The van der Waals surface area contributed by atoms with Crippen LogP contribution in [0.25, 0.3) is 17.0 Å². The maximum atomic E-state index is 13.5. The normalized spacial score (nSPS) is 14.8. The monoisotopic (exact) mass is 633 g/mol. The average molecular weight is 634 g/mol. The van der Waals surface area contributed by atoms with Crippen molar-refractivity contribution in [1.82, 2.24) is 9.88 Å². The lowest BCUT2D eigenvalue weighted by molar-refractivity contribution is -0.143. The number of halogens is 6. The molecule has 0 unspecified atom stereocenters. The van der Waals surface area contributed by atoms with E-state index in [0.717, 1.165) is 28.1 Å². The first-order valence-electron chi connectivity index (χ1n) is 13.1. The molecule has 1 amide bonds. The molecule has 1 aromatic heterocycles. The molecule has 2 heterocycles. The van der Waals surface area contributed by atoms with Crippen molar-refractivity contribution in [3.63, 3.8) is 0 Å². The Morgan fingerprint density at radius 1 is 0.955 bits per heavy atom. The Kier molecular flexibility index (Phi) is 8.43. The van der Waals surface area contributed by atoms with Crippen LogP contribution < -0.4 is 9.47 Å². The lowest BCUT2D eigenvalue weighted by Crippen LogP contribution is -2.22. The number of rotatable bonds is 7. The van der Waals surface area contributed by atoms with Gasteiger partial charge in [-0.25, -0.2) is 0 Å². The summed E-state index contributed by atoms with van der Waals surface area (Å²) in [6, 6.07) is 12.1. The lowest BCUT2D eigenvalue weighted by atomic mass is 10.0. The fraction of sp³-hybridized carbons (Fsp3) is 0.226. The highest BCUT2D eigenvalue weighted by Gasteiger charge is 2.38. The predicted octanol–water partition coefficient (Wildman–Crippen LogP) is 8.20. The molecule has 0 aliphatic carbocycles. The molecule has 4 aromatic rings. The number of carbonyl (C=O) groups excluding carboxylic acids is 1. The summed E-state index contributed by atoms with van der Waals surface area (Å²) < 4.78 is 90.4. The largest absolute Gasteiger partial charge is 0.493 e. The van der Waals surface area contributed by atoms with Gasteiger partial charge in [-0.1, -0.05) is 23.8 Å². The molecule has 1 aliphatic rings. The van der Waals surface area contributed by atoms with Crippen LogP contribution in [0.2, 0.25) is 0 Å². The number of aromatic nitrogens is 1. The SMILES string of the molecule is COc1cc(/C=C2\SC(N(C)Cc3c[nH]c4ccc(C)cc34)=NC2=O)ccc1OCc1ccc(C(F)(F)F)cc1C(F)(F)F. The van der Waals surface area contributed by atoms with Crippen molar-refractivity contribution in [1.29, 1.82) is 0 Å². The minimum absolute atomic E-state index is 0.0661. The maximum absolute atomic E-state index is 13.5. The number of amides is 1. The van der Waals surface area contributed by atoms with E-state index in [9.17, 15) is 31.1 Å². The van der Waals surface area contributed by atoms with Crippen molar-refractivity contribution in [3.8, 4) is 11.5 Å². The van der Waals surface area contributed by atoms with Crippen LogP contribution in [0, 0.1) is 6.92 Å². The molecule has 0 fully saturated rings. The van der Waals surface area contributed by atoms with Crippen molar-refractivity contribution in [2.45, 2.75) is 32.4 Å². The zero-order valence-electron chi connectivity index (χ0n) is 23.6. The van der Waals surface area contributed by atoms with E-state index in [1.807, 2.05) is 37.2 Å². The quantitative estimate of drug-likeness (QED) is 0.164. The summed E-state index contributed by atoms with van der Waals surface area (Å²) in [5.74, 6) is -0.199. The number of H-pyrrole nitrogens is 1. The van der Waals surface area contributed by atoms with Gasteiger partial charge in [-0.15, -0.1) is 0 Å². The molecule has 0 saturated heterocycles. The van der Waals surface area contributed by atoms with Crippen LogP contribution in [0.15, 0.2) is 70.7 Å². The smallest absolute Gasteiger partial charge is 0.416 e. The van der Waals surface area contributed by atoms with Gasteiger partial charge < -0.3 is 19.4 Å². The van der Waals surface area contributed by atoms with E-state index < -0.39 is 41.6 Å². The number of methoxy groups -OCH3 is 1. The molecule has 230 valence electrons. The number of hydrogen-bond acceptors (Lipinski definition) is 5. The van der Waals surface area contributed by atoms with Gasteiger partial charge in [0.05, 0.1) is 23.1 Å². The van der Waals surface area contributed by atoms with Crippen LogP contribution in [0.4, 0.5) is 26.3 Å². The van der Waals surface area contributed by atoms with Crippen LogP contribution in [0.3, 0.4) is 0 Å². The second-order valence-electron chi connectivity index (χ2n) is 10.1. The van der Waals surface area contributed by atoms with Crippen molar-refractivity contribution in [3.05, 3.63) is 99.1 Å². The van der Waals surface area contributed by atoms with E-state index in [2.05, 4.69) is 16.0 Å². The fourth-order valence-corrected chi connectivity index (χ4v) is 5.52. The van der Waals surface area contributed by atoms with Gasteiger partial charge in [0.25, 0.3) is 5.91 Å². The number of nitrogens with zero attached hydrogens (tertiary/aromatic N) is 2. The first kappa shape index (κ1) is 31.0. The maximum Gasteiger partial charge on any atom is 0.416 e. The van der Waals surface area contributed by atoms with Crippen LogP contribution in [0.5, 0.6) is 11.5 Å². The number of carbonyl (C=O) groups is 1. The summed E-state index contributed by atoms with van der Waals surface area (Å²) in [4.78, 5) is 22.4. The van der Waals surface area contributed by atoms with Gasteiger partial charge in [0.2, 0.25) is 0 Å². The third-order valence-electron chi connectivity index (χ3n) is 6.88. The summed E-state index contributed by atoms with van der Waals surface area (Å²) in [5.41, 5.74) is 0.423. The second kappa shape index (κ2) is 11.9. The number of aryl methyl sites for hydroxylation is 1. The van der Waals surface area contributed by atoms with Gasteiger partial charge in [0.1, 0.15) is 6.61 Å². The third kappa shape index (κ3) is 6.72. The summed E-state index contributed by atoms with van der Waals surface area (Å²) in [6.45, 7) is 1.88. The first-order valence-corrected chi connectivity index (χ1v) is 13.9. The van der Waals surface area contributed by atoms with Gasteiger partial charge in [0, 0.05) is 36.3 Å². The van der Waals surface area contributed by atoms with Crippen molar-refractivity contribution in [2.75, 3.05) is 14.2 Å². The zero-order valence-corrected chi connectivity index (χ0v) is 24.4. The Bertz CT molecular complexity index is 1790. The van der Waals surface area contributed by atoms with Crippen LogP contribution in [-0.2, 0) is 30.3 Å². The van der Waals surface area contributed by atoms with E-state index in [-0.39, 0.29) is 17.6 Å². The Morgan fingerprint density at radius 3 is 2.43 bits per heavy atom. The van der Waals surface area contributed by atoms with Gasteiger partial charge in [0.15, 0.2) is 16.7 Å². The molecule has 0 bridgehead atoms. The lowest BCUT2D eigenvalue weighted by Gasteiger charge is -2.17. The number of fused-ring (bicyclic) bond motifs is 1. The fourth-order valence-electron chi connectivity index (χ4n) is 4.65. The average Bonchev–Trinajstić information content (AvgIpc) is 3.53. The van der Waals surface area contributed by atoms with Crippen LogP contribution in [0.1, 0.15) is 33.4 Å². The molecule has 0 radical (unpaired) electrons. The minimum atomic E-state index is -5.02. The molecule has 13 heteroatoms. The molecule has 1 aliphatic heterocycles. The Hall–Kier alpha value is -4.39. The molecular formula is C31H25F6N3O3S. The van der Waals surface area contributed by atoms with Gasteiger partial charge in [-0.05, 0) is 72.3 Å². The predicted molar refractivity (Wildman–Crippen MR) is 156 cm³/mol. The minimum Gasteiger partial charge on any atom is -0.493 e. The summed E-state index contributed by atoms with van der Waals surface area (Å²) in [6.07, 6.45) is -6.41. The number of aromatic amines is 1. The number of ether oxygens (including phenoxy) is 2. The number of alkyl halides is 6. The number of aliphatic imine (C=N–C) groups is 1. The van der Waals surface area contributed by atoms with Crippen LogP contribution in [-0.4, -0.2) is 35.1 Å². The van der Waals surface area contributed by atoms with E-state index in [4.69, 9.17) is 9.47 Å².